The Balaban J connectivity index is 1.70. The van der Waals surface area contributed by atoms with E-state index < -0.39 is 0 Å². The molecule has 4 rings (SSSR count). The lowest BCUT2D eigenvalue weighted by molar-refractivity contribution is 0.102. The second-order valence-corrected chi connectivity index (χ2v) is 5.40. The monoisotopic (exact) mass is 302 g/mol. The first-order valence-electron chi connectivity index (χ1n) is 7.31. The van der Waals surface area contributed by atoms with Gasteiger partial charge in [0.05, 0.1) is 16.9 Å². The van der Waals surface area contributed by atoms with Crippen LogP contribution in [0.3, 0.4) is 0 Å². The average molecular weight is 302 g/mol. The van der Waals surface area contributed by atoms with E-state index in [2.05, 4.69) is 15.3 Å². The molecule has 0 spiro atoms. The molecule has 0 radical (unpaired) electrons. The van der Waals surface area contributed by atoms with E-state index >= 15 is 0 Å². The number of para-hydroxylation sites is 1. The lowest BCUT2D eigenvalue weighted by Gasteiger charge is -2.08. The van der Waals surface area contributed by atoms with Gasteiger partial charge in [0.25, 0.3) is 5.91 Å². The summed E-state index contributed by atoms with van der Waals surface area (Å²) in [5, 5.41) is 3.92. The summed E-state index contributed by atoms with van der Waals surface area (Å²) in [6.45, 7) is 1.93. The van der Waals surface area contributed by atoms with Gasteiger partial charge in [-0.15, -0.1) is 0 Å². The molecular formula is C18H14N4O. The van der Waals surface area contributed by atoms with E-state index in [0.29, 0.717) is 11.3 Å². The second kappa shape index (κ2) is 5.21. The molecular weight excluding hydrogens is 288 g/mol. The van der Waals surface area contributed by atoms with Gasteiger partial charge in [0.1, 0.15) is 5.65 Å². The van der Waals surface area contributed by atoms with Gasteiger partial charge < -0.3 is 9.72 Å². The van der Waals surface area contributed by atoms with Crippen molar-refractivity contribution in [3.8, 4) is 0 Å². The third kappa shape index (κ3) is 2.42. The third-order valence-corrected chi connectivity index (χ3v) is 3.72. The van der Waals surface area contributed by atoms with Gasteiger partial charge in [-0.25, -0.2) is 4.98 Å². The first-order chi connectivity index (χ1) is 11.2. The molecule has 0 aliphatic heterocycles. The molecule has 0 aliphatic carbocycles. The number of aromatic nitrogens is 3. The van der Waals surface area contributed by atoms with Crippen LogP contribution >= 0.6 is 0 Å². The minimum Gasteiger partial charge on any atom is -0.320 e. The maximum absolute atomic E-state index is 12.5. The summed E-state index contributed by atoms with van der Waals surface area (Å²) < 4.78 is 1.89. The molecule has 112 valence electrons. The highest BCUT2D eigenvalue weighted by Gasteiger charge is 2.10. The van der Waals surface area contributed by atoms with Crippen molar-refractivity contribution in [1.29, 1.82) is 0 Å². The Morgan fingerprint density at radius 2 is 2.04 bits per heavy atom. The number of fused-ring (bicyclic) bond motifs is 2. The van der Waals surface area contributed by atoms with Crippen LogP contribution in [0.5, 0.6) is 0 Å². The summed E-state index contributed by atoms with van der Waals surface area (Å²) in [6.07, 6.45) is 5.48. The van der Waals surface area contributed by atoms with Crippen LogP contribution in [0.2, 0.25) is 0 Å². The van der Waals surface area contributed by atoms with Gasteiger partial charge in [-0.2, -0.15) is 0 Å². The quantitative estimate of drug-likeness (QED) is 0.617. The maximum Gasteiger partial charge on any atom is 0.255 e. The number of carbonyl (C=O) groups excluding carboxylic acids is 1. The van der Waals surface area contributed by atoms with E-state index in [4.69, 9.17) is 0 Å². The minimum absolute atomic E-state index is 0.175. The van der Waals surface area contributed by atoms with Gasteiger partial charge in [-0.1, -0.05) is 18.2 Å². The van der Waals surface area contributed by atoms with E-state index in [1.807, 2.05) is 54.0 Å². The number of benzene rings is 1. The van der Waals surface area contributed by atoms with Gasteiger partial charge in [-0.3, -0.25) is 9.78 Å². The van der Waals surface area contributed by atoms with Crippen molar-refractivity contribution in [2.45, 2.75) is 6.92 Å². The smallest absolute Gasteiger partial charge is 0.255 e. The van der Waals surface area contributed by atoms with Crippen molar-refractivity contribution in [2.24, 2.45) is 0 Å². The maximum atomic E-state index is 12.5. The number of hydrogen-bond acceptors (Lipinski definition) is 3. The Morgan fingerprint density at radius 1 is 1.17 bits per heavy atom. The molecule has 0 saturated carbocycles. The van der Waals surface area contributed by atoms with Crippen LogP contribution in [0.1, 0.15) is 16.1 Å². The second-order valence-electron chi connectivity index (χ2n) is 5.40. The summed E-state index contributed by atoms with van der Waals surface area (Å²) in [4.78, 5) is 21.3. The average Bonchev–Trinajstić information content (AvgIpc) is 2.94. The van der Waals surface area contributed by atoms with Crippen LogP contribution in [0, 0.1) is 6.92 Å². The Bertz CT molecular complexity index is 1030. The van der Waals surface area contributed by atoms with Crippen molar-refractivity contribution < 1.29 is 4.79 Å². The first kappa shape index (κ1) is 13.5. The number of amides is 1. The van der Waals surface area contributed by atoms with Gasteiger partial charge in [-0.05, 0) is 31.2 Å². The summed E-state index contributed by atoms with van der Waals surface area (Å²) >= 11 is 0. The summed E-state index contributed by atoms with van der Waals surface area (Å²) in [5.74, 6) is -0.175. The van der Waals surface area contributed by atoms with Gasteiger partial charge in [0.15, 0.2) is 0 Å². The van der Waals surface area contributed by atoms with Crippen LogP contribution in [0.15, 0.2) is 61.1 Å². The molecule has 0 atom stereocenters. The Hall–Kier alpha value is -3.21. The number of rotatable bonds is 2. The SMILES string of the molecule is Cc1cn2ccc(C(=O)Nc3cccc4cccnc34)cc2n1. The fourth-order valence-electron chi connectivity index (χ4n) is 2.65. The molecule has 23 heavy (non-hydrogen) atoms. The molecule has 0 saturated heterocycles. The summed E-state index contributed by atoms with van der Waals surface area (Å²) in [7, 11) is 0. The highest BCUT2D eigenvalue weighted by molar-refractivity contribution is 6.08. The van der Waals surface area contributed by atoms with Crippen LogP contribution in [-0.4, -0.2) is 20.3 Å². The molecule has 3 aromatic heterocycles. The number of anilines is 1. The van der Waals surface area contributed by atoms with Gasteiger partial charge in [0.2, 0.25) is 0 Å². The number of hydrogen-bond donors (Lipinski definition) is 1. The predicted molar refractivity (Wildman–Crippen MR) is 89.6 cm³/mol. The number of aryl methyl sites for hydroxylation is 1. The predicted octanol–water partition coefficient (Wildman–Crippen LogP) is 3.44. The van der Waals surface area contributed by atoms with Crippen molar-refractivity contribution >= 4 is 28.1 Å². The molecule has 5 nitrogen and oxygen atoms in total. The number of nitrogens with one attached hydrogen (secondary N) is 1. The fourth-order valence-corrected chi connectivity index (χ4v) is 2.65. The zero-order valence-electron chi connectivity index (χ0n) is 12.5. The topological polar surface area (TPSA) is 59.3 Å². The van der Waals surface area contributed by atoms with E-state index in [1.165, 1.54) is 0 Å². The molecule has 0 fully saturated rings. The van der Waals surface area contributed by atoms with Crippen LogP contribution in [0.25, 0.3) is 16.6 Å². The van der Waals surface area contributed by atoms with Gasteiger partial charge in [0, 0.05) is 29.5 Å². The molecule has 0 aliphatic rings. The van der Waals surface area contributed by atoms with Crippen molar-refractivity contribution in [1.82, 2.24) is 14.4 Å². The van der Waals surface area contributed by atoms with E-state index in [9.17, 15) is 4.79 Å². The Labute approximate surface area is 132 Å². The lowest BCUT2D eigenvalue weighted by atomic mass is 10.2. The van der Waals surface area contributed by atoms with Crippen molar-refractivity contribution in [3.63, 3.8) is 0 Å². The Kier molecular flexibility index (Phi) is 3.05. The van der Waals surface area contributed by atoms with E-state index in [1.54, 1.807) is 18.3 Å². The normalized spacial score (nSPS) is 11.0. The number of imidazole rings is 1. The van der Waals surface area contributed by atoms with Crippen LogP contribution in [-0.2, 0) is 0 Å². The lowest BCUT2D eigenvalue weighted by Crippen LogP contribution is -2.12. The van der Waals surface area contributed by atoms with E-state index in [0.717, 1.165) is 22.2 Å². The zero-order valence-corrected chi connectivity index (χ0v) is 12.5. The first-order valence-corrected chi connectivity index (χ1v) is 7.31. The molecule has 4 aromatic rings. The third-order valence-electron chi connectivity index (χ3n) is 3.72. The van der Waals surface area contributed by atoms with Crippen molar-refractivity contribution in [2.75, 3.05) is 5.32 Å². The zero-order chi connectivity index (χ0) is 15.8. The molecule has 1 aromatic carbocycles. The van der Waals surface area contributed by atoms with Crippen molar-refractivity contribution in [3.05, 3.63) is 72.3 Å². The highest BCUT2D eigenvalue weighted by Crippen LogP contribution is 2.21. The largest absolute Gasteiger partial charge is 0.320 e. The minimum atomic E-state index is -0.175. The fraction of sp³-hybridized carbons (Fsp3) is 0.0556. The highest BCUT2D eigenvalue weighted by atomic mass is 16.1. The molecule has 0 bridgehead atoms. The molecule has 0 unspecified atom stereocenters. The Morgan fingerprint density at radius 3 is 2.96 bits per heavy atom. The molecule has 5 heteroatoms. The molecule has 3 heterocycles. The number of nitrogens with zero attached hydrogens (tertiary/aromatic N) is 3. The van der Waals surface area contributed by atoms with E-state index in [-0.39, 0.29) is 5.91 Å². The summed E-state index contributed by atoms with van der Waals surface area (Å²) in [5.41, 5.74) is 3.72. The van der Waals surface area contributed by atoms with Gasteiger partial charge >= 0.3 is 0 Å². The molecule has 1 N–H and O–H groups in total. The summed E-state index contributed by atoms with van der Waals surface area (Å²) in [6, 6.07) is 13.1. The van der Waals surface area contributed by atoms with Crippen LogP contribution < -0.4 is 5.32 Å². The number of carbonyl (C=O) groups is 1. The standard InChI is InChI=1S/C18H14N4O/c1-12-11-22-9-7-14(10-16(22)20-12)18(23)21-15-6-2-4-13-5-3-8-19-17(13)15/h2-11H,1H3,(H,21,23). The number of pyridine rings is 2. The van der Waals surface area contributed by atoms with Crippen LogP contribution in [0.4, 0.5) is 5.69 Å². The molecule has 1 amide bonds.